The van der Waals surface area contributed by atoms with Crippen LogP contribution in [0.2, 0.25) is 0 Å². The minimum absolute atomic E-state index is 0.269. The van der Waals surface area contributed by atoms with Crippen LogP contribution in [0.15, 0.2) is 0 Å². The Balaban J connectivity index is 2.27. The SMILES string of the molecule is CCC1(CC)CCN(CC(N)CCOC)CC1. The molecule has 0 radical (unpaired) electrons. The maximum absolute atomic E-state index is 6.10. The maximum atomic E-state index is 6.10. The Morgan fingerprint density at radius 2 is 1.82 bits per heavy atom. The molecule has 1 saturated heterocycles. The van der Waals surface area contributed by atoms with Crippen molar-refractivity contribution >= 4 is 0 Å². The Morgan fingerprint density at radius 3 is 2.29 bits per heavy atom. The van der Waals surface area contributed by atoms with Gasteiger partial charge in [0.15, 0.2) is 0 Å². The van der Waals surface area contributed by atoms with Gasteiger partial charge in [-0.3, -0.25) is 0 Å². The molecule has 1 unspecified atom stereocenters. The normalized spacial score (nSPS) is 22.6. The molecule has 102 valence electrons. The minimum Gasteiger partial charge on any atom is -0.385 e. The molecule has 0 spiro atoms. The van der Waals surface area contributed by atoms with Crippen LogP contribution in [0.5, 0.6) is 0 Å². The Bertz CT molecular complexity index is 194. The van der Waals surface area contributed by atoms with E-state index in [9.17, 15) is 0 Å². The van der Waals surface area contributed by atoms with E-state index in [1.165, 1.54) is 38.8 Å². The molecule has 1 aliphatic rings. The Morgan fingerprint density at radius 1 is 1.24 bits per heavy atom. The number of likely N-dealkylation sites (tertiary alicyclic amines) is 1. The van der Waals surface area contributed by atoms with Gasteiger partial charge in [0, 0.05) is 26.3 Å². The summed E-state index contributed by atoms with van der Waals surface area (Å²) in [4.78, 5) is 2.53. The van der Waals surface area contributed by atoms with Gasteiger partial charge in [0.1, 0.15) is 0 Å². The van der Waals surface area contributed by atoms with Crippen molar-refractivity contribution in [2.24, 2.45) is 11.1 Å². The van der Waals surface area contributed by atoms with E-state index in [4.69, 9.17) is 10.5 Å². The van der Waals surface area contributed by atoms with Gasteiger partial charge in [-0.1, -0.05) is 26.7 Å². The van der Waals surface area contributed by atoms with Crippen molar-refractivity contribution in [2.75, 3.05) is 33.4 Å². The zero-order valence-corrected chi connectivity index (χ0v) is 11.9. The van der Waals surface area contributed by atoms with Gasteiger partial charge in [0.25, 0.3) is 0 Å². The van der Waals surface area contributed by atoms with E-state index in [-0.39, 0.29) is 6.04 Å². The van der Waals surface area contributed by atoms with Gasteiger partial charge in [0.05, 0.1) is 0 Å². The summed E-state index contributed by atoms with van der Waals surface area (Å²) in [7, 11) is 1.74. The predicted octanol–water partition coefficient (Wildman–Crippen LogP) is 2.25. The number of nitrogens with two attached hydrogens (primary N) is 1. The molecule has 0 aliphatic carbocycles. The number of hydrogen-bond acceptors (Lipinski definition) is 3. The second-order valence-corrected chi connectivity index (χ2v) is 5.55. The average Bonchev–Trinajstić information content (AvgIpc) is 2.38. The Kier molecular flexibility index (Phi) is 6.45. The van der Waals surface area contributed by atoms with E-state index in [1.807, 2.05) is 0 Å². The van der Waals surface area contributed by atoms with E-state index in [2.05, 4.69) is 18.7 Å². The Labute approximate surface area is 107 Å². The van der Waals surface area contributed by atoms with Gasteiger partial charge in [-0.05, 0) is 37.8 Å². The standard InChI is InChI=1S/C14H30N2O/c1-4-14(5-2)7-9-16(10-8-14)12-13(15)6-11-17-3/h13H,4-12,15H2,1-3H3. The summed E-state index contributed by atoms with van der Waals surface area (Å²) >= 11 is 0. The first-order valence-corrected chi connectivity index (χ1v) is 7.12. The fraction of sp³-hybridized carbons (Fsp3) is 1.00. The van der Waals surface area contributed by atoms with E-state index >= 15 is 0 Å². The maximum Gasteiger partial charge on any atom is 0.0477 e. The zero-order chi connectivity index (χ0) is 12.7. The Hall–Kier alpha value is -0.120. The molecule has 0 amide bonds. The highest BCUT2D eigenvalue weighted by atomic mass is 16.5. The lowest BCUT2D eigenvalue weighted by Crippen LogP contribution is -2.45. The zero-order valence-electron chi connectivity index (χ0n) is 11.9. The third kappa shape index (κ3) is 4.57. The fourth-order valence-corrected chi connectivity index (χ4v) is 2.86. The number of piperidine rings is 1. The largest absolute Gasteiger partial charge is 0.385 e. The quantitative estimate of drug-likeness (QED) is 0.744. The van der Waals surface area contributed by atoms with Crippen molar-refractivity contribution in [3.05, 3.63) is 0 Å². The van der Waals surface area contributed by atoms with Crippen molar-refractivity contribution in [3.63, 3.8) is 0 Å². The molecule has 1 aliphatic heterocycles. The molecule has 0 saturated carbocycles. The van der Waals surface area contributed by atoms with Crippen molar-refractivity contribution in [2.45, 2.75) is 52.0 Å². The van der Waals surface area contributed by atoms with Crippen molar-refractivity contribution < 1.29 is 4.74 Å². The summed E-state index contributed by atoms with van der Waals surface area (Å²) in [5.74, 6) is 0. The van der Waals surface area contributed by atoms with Crippen molar-refractivity contribution in [3.8, 4) is 0 Å². The summed E-state index contributed by atoms with van der Waals surface area (Å²) in [6.07, 6.45) is 6.31. The van der Waals surface area contributed by atoms with E-state index in [0.29, 0.717) is 5.41 Å². The fourth-order valence-electron chi connectivity index (χ4n) is 2.86. The lowest BCUT2D eigenvalue weighted by molar-refractivity contribution is 0.0875. The number of ether oxygens (including phenoxy) is 1. The molecule has 1 heterocycles. The molecule has 1 atom stereocenters. The van der Waals surface area contributed by atoms with Crippen LogP contribution in [-0.2, 0) is 4.74 Å². The van der Waals surface area contributed by atoms with Crippen molar-refractivity contribution in [1.82, 2.24) is 4.90 Å². The van der Waals surface area contributed by atoms with Crippen LogP contribution >= 0.6 is 0 Å². The molecule has 17 heavy (non-hydrogen) atoms. The summed E-state index contributed by atoms with van der Waals surface area (Å²) in [6.45, 7) is 8.94. The van der Waals surface area contributed by atoms with Crippen LogP contribution < -0.4 is 5.73 Å². The summed E-state index contributed by atoms with van der Waals surface area (Å²) in [5, 5.41) is 0. The third-order valence-electron chi connectivity index (χ3n) is 4.60. The smallest absolute Gasteiger partial charge is 0.0477 e. The summed E-state index contributed by atoms with van der Waals surface area (Å²) in [6, 6.07) is 0.269. The lowest BCUT2D eigenvalue weighted by atomic mass is 9.74. The average molecular weight is 242 g/mol. The number of methoxy groups -OCH3 is 1. The van der Waals surface area contributed by atoms with Crippen LogP contribution in [0.25, 0.3) is 0 Å². The van der Waals surface area contributed by atoms with E-state index < -0.39 is 0 Å². The van der Waals surface area contributed by atoms with Gasteiger partial charge in [-0.15, -0.1) is 0 Å². The molecule has 0 aromatic heterocycles. The molecular formula is C14H30N2O. The second kappa shape index (κ2) is 7.34. The van der Waals surface area contributed by atoms with E-state index in [0.717, 1.165) is 19.6 Å². The molecule has 1 fully saturated rings. The van der Waals surface area contributed by atoms with E-state index in [1.54, 1.807) is 7.11 Å². The van der Waals surface area contributed by atoms with Crippen molar-refractivity contribution in [1.29, 1.82) is 0 Å². The molecule has 0 bridgehead atoms. The summed E-state index contributed by atoms with van der Waals surface area (Å²) < 4.78 is 5.07. The van der Waals surface area contributed by atoms with Gasteiger partial charge in [-0.2, -0.15) is 0 Å². The lowest BCUT2D eigenvalue weighted by Gasteiger charge is -2.41. The van der Waals surface area contributed by atoms with Crippen LogP contribution in [0, 0.1) is 5.41 Å². The van der Waals surface area contributed by atoms with Crippen LogP contribution in [-0.4, -0.2) is 44.3 Å². The highest BCUT2D eigenvalue weighted by Gasteiger charge is 2.31. The molecule has 3 nitrogen and oxygen atoms in total. The monoisotopic (exact) mass is 242 g/mol. The molecular weight excluding hydrogens is 212 g/mol. The number of nitrogens with zero attached hydrogens (tertiary/aromatic N) is 1. The second-order valence-electron chi connectivity index (χ2n) is 5.55. The first-order valence-electron chi connectivity index (χ1n) is 7.12. The minimum atomic E-state index is 0.269. The molecule has 0 aromatic rings. The van der Waals surface area contributed by atoms with Gasteiger partial charge >= 0.3 is 0 Å². The van der Waals surface area contributed by atoms with Crippen LogP contribution in [0.4, 0.5) is 0 Å². The first kappa shape index (κ1) is 14.9. The van der Waals surface area contributed by atoms with Gasteiger partial charge in [-0.25, -0.2) is 0 Å². The predicted molar refractivity (Wildman–Crippen MR) is 73.2 cm³/mol. The number of rotatable bonds is 7. The van der Waals surface area contributed by atoms with Gasteiger partial charge in [0.2, 0.25) is 0 Å². The van der Waals surface area contributed by atoms with Crippen LogP contribution in [0.3, 0.4) is 0 Å². The topological polar surface area (TPSA) is 38.5 Å². The number of hydrogen-bond donors (Lipinski definition) is 1. The molecule has 2 N–H and O–H groups in total. The van der Waals surface area contributed by atoms with Crippen LogP contribution in [0.1, 0.15) is 46.0 Å². The van der Waals surface area contributed by atoms with Gasteiger partial charge < -0.3 is 15.4 Å². The molecule has 0 aromatic carbocycles. The molecule has 3 heteroatoms. The first-order chi connectivity index (χ1) is 8.15. The summed E-state index contributed by atoms with van der Waals surface area (Å²) in [5.41, 5.74) is 6.72. The highest BCUT2D eigenvalue weighted by Crippen LogP contribution is 2.37. The third-order valence-corrected chi connectivity index (χ3v) is 4.60. The molecule has 1 rings (SSSR count). The highest BCUT2D eigenvalue weighted by molar-refractivity contribution is 4.85.